The van der Waals surface area contributed by atoms with E-state index in [1.54, 1.807) is 24.3 Å². The lowest BCUT2D eigenvalue weighted by Crippen LogP contribution is -2.14. The summed E-state index contributed by atoms with van der Waals surface area (Å²) in [5.74, 6) is 0.532. The third-order valence-corrected chi connectivity index (χ3v) is 4.88. The first-order valence-corrected chi connectivity index (χ1v) is 8.32. The number of hydrogen-bond donors (Lipinski definition) is 1. The van der Waals surface area contributed by atoms with Crippen LogP contribution in [0.3, 0.4) is 0 Å². The zero-order chi connectivity index (χ0) is 17.3. The smallest absolute Gasteiger partial charge is 0.265 e. The molecule has 5 nitrogen and oxygen atoms in total. The Morgan fingerprint density at radius 2 is 1.88 bits per heavy atom. The number of amides is 1. The molecule has 0 saturated carbocycles. The molecule has 1 N–H and O–H groups in total. The molecule has 0 fully saturated rings. The first-order chi connectivity index (χ1) is 11.5. The topological polar surface area (TPSA) is 60.5 Å². The minimum Gasteiger partial charge on any atom is -0.496 e. The quantitative estimate of drug-likeness (QED) is 0.740. The van der Waals surface area contributed by atoms with Crippen LogP contribution in [0.5, 0.6) is 11.5 Å². The average molecular weight is 363 g/mol. The Morgan fingerprint density at radius 1 is 1.21 bits per heavy atom. The van der Waals surface area contributed by atoms with Crippen LogP contribution in [-0.2, 0) is 0 Å². The van der Waals surface area contributed by atoms with Crippen LogP contribution < -0.4 is 14.8 Å². The second-order valence-electron chi connectivity index (χ2n) is 5.08. The average Bonchev–Trinajstić information content (AvgIpc) is 2.95. The number of halogens is 1. The van der Waals surface area contributed by atoms with E-state index in [9.17, 15) is 4.79 Å². The second kappa shape index (κ2) is 6.67. The monoisotopic (exact) mass is 362 g/mol. The Morgan fingerprint density at radius 3 is 2.50 bits per heavy atom. The summed E-state index contributed by atoms with van der Waals surface area (Å²) < 4.78 is 11.5. The summed E-state index contributed by atoms with van der Waals surface area (Å²) in [6.07, 6.45) is 0. The van der Waals surface area contributed by atoms with Gasteiger partial charge in [0.05, 0.1) is 24.4 Å². The summed E-state index contributed by atoms with van der Waals surface area (Å²) in [6.45, 7) is 1.93. The van der Waals surface area contributed by atoms with Gasteiger partial charge in [-0.25, -0.2) is 4.98 Å². The molecular formula is C17H15ClN2O3S. The Balaban J connectivity index is 1.96. The maximum absolute atomic E-state index is 12.7. The molecule has 0 bridgehead atoms. The first kappa shape index (κ1) is 16.5. The number of nitrogens with one attached hydrogen (secondary N) is 1. The summed E-state index contributed by atoms with van der Waals surface area (Å²) >= 11 is 7.51. The molecule has 1 heterocycles. The highest BCUT2D eigenvalue weighted by atomic mass is 35.5. The summed E-state index contributed by atoms with van der Waals surface area (Å²) in [4.78, 5) is 17.1. The van der Waals surface area contributed by atoms with E-state index >= 15 is 0 Å². The molecule has 0 saturated heterocycles. The van der Waals surface area contributed by atoms with Crippen LogP contribution in [0.2, 0.25) is 5.02 Å². The van der Waals surface area contributed by atoms with Crippen molar-refractivity contribution in [2.75, 3.05) is 19.5 Å². The highest BCUT2D eigenvalue weighted by Crippen LogP contribution is 2.33. The lowest BCUT2D eigenvalue weighted by molar-refractivity contribution is 0.102. The largest absolute Gasteiger partial charge is 0.496 e. The molecular weight excluding hydrogens is 348 g/mol. The normalized spacial score (nSPS) is 10.7. The number of benzene rings is 2. The number of methoxy groups -OCH3 is 2. The Kier molecular flexibility index (Phi) is 4.59. The van der Waals surface area contributed by atoms with E-state index in [-0.39, 0.29) is 5.91 Å². The fourth-order valence-corrected chi connectivity index (χ4v) is 3.44. The van der Waals surface area contributed by atoms with Gasteiger partial charge < -0.3 is 9.47 Å². The summed E-state index contributed by atoms with van der Waals surface area (Å²) in [5, 5.41) is 3.94. The minimum absolute atomic E-state index is 0.330. The number of thiazole rings is 1. The first-order valence-electron chi connectivity index (χ1n) is 7.12. The highest BCUT2D eigenvalue weighted by Gasteiger charge is 2.19. The molecule has 0 unspecified atom stereocenters. The van der Waals surface area contributed by atoms with Gasteiger partial charge in [0.15, 0.2) is 5.13 Å². The number of aromatic nitrogens is 1. The minimum atomic E-state index is -0.342. The summed E-state index contributed by atoms with van der Waals surface area (Å²) in [5.41, 5.74) is 2.05. The van der Waals surface area contributed by atoms with Gasteiger partial charge in [-0.2, -0.15) is 0 Å². The molecule has 24 heavy (non-hydrogen) atoms. The van der Waals surface area contributed by atoms with E-state index in [0.29, 0.717) is 27.2 Å². The number of hydrogen-bond acceptors (Lipinski definition) is 5. The Hall–Kier alpha value is -2.31. The lowest BCUT2D eigenvalue weighted by Gasteiger charge is -2.11. The molecule has 1 amide bonds. The predicted octanol–water partition coefficient (Wildman–Crippen LogP) is 4.53. The lowest BCUT2D eigenvalue weighted by atomic mass is 10.1. The van der Waals surface area contributed by atoms with Crippen molar-refractivity contribution < 1.29 is 14.3 Å². The number of aryl methyl sites for hydroxylation is 1. The Bertz CT molecular complexity index is 862. The molecule has 0 atom stereocenters. The van der Waals surface area contributed by atoms with Crippen molar-refractivity contribution in [2.45, 2.75) is 6.92 Å². The van der Waals surface area contributed by atoms with Crippen molar-refractivity contribution >= 4 is 44.2 Å². The van der Waals surface area contributed by atoms with Gasteiger partial charge in [-0.15, -0.1) is 0 Å². The third kappa shape index (κ3) is 3.02. The SMILES string of the molecule is COc1cccc(OC)c1C(=O)Nc1nc2cc(Cl)c(C)cc2s1. The van der Waals surface area contributed by atoms with Crippen LogP contribution in [0.15, 0.2) is 30.3 Å². The number of ether oxygens (including phenoxy) is 2. The van der Waals surface area contributed by atoms with Gasteiger partial charge in [-0.05, 0) is 36.8 Å². The van der Waals surface area contributed by atoms with Gasteiger partial charge in [0.1, 0.15) is 17.1 Å². The number of fused-ring (bicyclic) bond motifs is 1. The van der Waals surface area contributed by atoms with Gasteiger partial charge in [0.25, 0.3) is 5.91 Å². The van der Waals surface area contributed by atoms with E-state index in [2.05, 4.69) is 10.3 Å². The molecule has 1 aromatic heterocycles. The van der Waals surface area contributed by atoms with Crippen LogP contribution in [0.25, 0.3) is 10.2 Å². The van der Waals surface area contributed by atoms with Crippen molar-refractivity contribution in [1.82, 2.24) is 4.98 Å². The molecule has 3 rings (SSSR count). The van der Waals surface area contributed by atoms with Gasteiger partial charge in [0, 0.05) is 5.02 Å². The van der Waals surface area contributed by atoms with Crippen molar-refractivity contribution in [3.05, 3.63) is 46.5 Å². The summed E-state index contributed by atoms with van der Waals surface area (Å²) in [6, 6.07) is 8.92. The third-order valence-electron chi connectivity index (χ3n) is 3.54. The molecule has 3 aromatic rings. The molecule has 0 spiro atoms. The molecule has 7 heteroatoms. The van der Waals surface area contributed by atoms with Crippen LogP contribution >= 0.6 is 22.9 Å². The van der Waals surface area contributed by atoms with Crippen molar-refractivity contribution in [2.24, 2.45) is 0 Å². The fourth-order valence-electron chi connectivity index (χ4n) is 2.34. The zero-order valence-electron chi connectivity index (χ0n) is 13.3. The second-order valence-corrected chi connectivity index (χ2v) is 6.52. The summed E-state index contributed by atoms with van der Waals surface area (Å²) in [7, 11) is 3.02. The molecule has 0 aliphatic heterocycles. The van der Waals surface area contributed by atoms with Crippen molar-refractivity contribution in [3.63, 3.8) is 0 Å². The highest BCUT2D eigenvalue weighted by molar-refractivity contribution is 7.22. The number of carbonyl (C=O) groups excluding carboxylic acids is 1. The van der Waals surface area contributed by atoms with E-state index in [4.69, 9.17) is 21.1 Å². The molecule has 2 aromatic carbocycles. The van der Waals surface area contributed by atoms with Crippen LogP contribution in [0.4, 0.5) is 5.13 Å². The maximum atomic E-state index is 12.7. The molecule has 124 valence electrons. The van der Waals surface area contributed by atoms with Crippen LogP contribution in [0, 0.1) is 6.92 Å². The number of rotatable bonds is 4. The molecule has 0 radical (unpaired) electrons. The molecule has 0 aliphatic carbocycles. The van der Waals surface area contributed by atoms with E-state index in [1.165, 1.54) is 25.6 Å². The maximum Gasteiger partial charge on any atom is 0.265 e. The number of anilines is 1. The van der Waals surface area contributed by atoms with Gasteiger partial charge in [0.2, 0.25) is 0 Å². The van der Waals surface area contributed by atoms with Crippen LogP contribution in [0.1, 0.15) is 15.9 Å². The predicted molar refractivity (Wildman–Crippen MR) is 96.9 cm³/mol. The Labute approximate surface area is 148 Å². The van der Waals surface area contributed by atoms with Crippen LogP contribution in [-0.4, -0.2) is 25.1 Å². The number of nitrogens with zero attached hydrogens (tertiary/aromatic N) is 1. The standard InChI is InChI=1S/C17H15ClN2O3S/c1-9-7-14-11(8-10(9)18)19-17(24-14)20-16(21)15-12(22-2)5-4-6-13(15)23-3/h4-8H,1-3H3,(H,19,20,21). The van der Waals surface area contributed by atoms with E-state index < -0.39 is 0 Å². The van der Waals surface area contributed by atoms with E-state index in [0.717, 1.165) is 15.8 Å². The van der Waals surface area contributed by atoms with Crippen molar-refractivity contribution in [3.8, 4) is 11.5 Å². The number of carbonyl (C=O) groups is 1. The van der Waals surface area contributed by atoms with Crippen molar-refractivity contribution in [1.29, 1.82) is 0 Å². The van der Waals surface area contributed by atoms with Gasteiger partial charge >= 0.3 is 0 Å². The van der Waals surface area contributed by atoms with Gasteiger partial charge in [-0.3, -0.25) is 10.1 Å². The van der Waals surface area contributed by atoms with E-state index in [1.807, 2.05) is 13.0 Å². The fraction of sp³-hybridized carbons (Fsp3) is 0.176. The molecule has 0 aliphatic rings. The van der Waals surface area contributed by atoms with Gasteiger partial charge in [-0.1, -0.05) is 29.0 Å². The zero-order valence-corrected chi connectivity index (χ0v) is 14.9.